The summed E-state index contributed by atoms with van der Waals surface area (Å²) in [6.45, 7) is 3.48. The number of carbonyl (C=O) groups excluding carboxylic acids is 1. The Labute approximate surface area is 213 Å². The number of nitrogens with one attached hydrogen (secondary N) is 3. The molecule has 2 heterocycles. The third-order valence-electron chi connectivity index (χ3n) is 5.76. The van der Waals surface area contributed by atoms with Crippen molar-refractivity contribution in [2.24, 2.45) is 0 Å². The van der Waals surface area contributed by atoms with Crippen LogP contribution in [0, 0.1) is 12.7 Å². The van der Waals surface area contributed by atoms with Crippen LogP contribution in [0.5, 0.6) is 0 Å². The molecular weight excluding hydrogens is 503 g/mol. The van der Waals surface area contributed by atoms with E-state index in [9.17, 15) is 22.2 Å². The Balaban J connectivity index is 1.74. The standard InChI is InChI=1S/C24H27FN6O5S/c1-4-36-30-24(32)17-13-26-23(29-22-10-8-18(25)14(2)27-22)12-20(17)28-19-9-7-16(15-5-6-15)11-21(19)31(3)37(33,34)35/h7-13,15H,4-6H2,1-3H3,(H,30,32)(H,33,34,35)(H2,26,27,28,29). The summed E-state index contributed by atoms with van der Waals surface area (Å²) in [5.41, 5.74) is 4.34. The Morgan fingerprint density at radius 1 is 1.16 bits per heavy atom. The van der Waals surface area contributed by atoms with Gasteiger partial charge in [-0.05, 0) is 62.4 Å². The summed E-state index contributed by atoms with van der Waals surface area (Å²) in [6, 6.07) is 9.49. The number of hydrogen-bond acceptors (Lipinski definition) is 8. The summed E-state index contributed by atoms with van der Waals surface area (Å²) < 4.78 is 48.0. The average Bonchev–Trinajstić information content (AvgIpc) is 3.70. The first-order valence-electron chi connectivity index (χ1n) is 11.5. The Kier molecular flexibility index (Phi) is 7.57. The molecule has 0 aliphatic heterocycles. The molecule has 4 rings (SSSR count). The first-order chi connectivity index (χ1) is 17.6. The van der Waals surface area contributed by atoms with Gasteiger partial charge >= 0.3 is 10.3 Å². The molecule has 1 saturated carbocycles. The van der Waals surface area contributed by atoms with E-state index in [-0.39, 0.29) is 35.1 Å². The summed E-state index contributed by atoms with van der Waals surface area (Å²) in [5, 5.41) is 6.05. The maximum Gasteiger partial charge on any atom is 0.359 e. The lowest BCUT2D eigenvalue weighted by molar-refractivity contribution is 0.0365. The largest absolute Gasteiger partial charge is 0.359 e. The van der Waals surface area contributed by atoms with Crippen molar-refractivity contribution in [2.75, 3.05) is 28.6 Å². The lowest BCUT2D eigenvalue weighted by Crippen LogP contribution is -2.27. The van der Waals surface area contributed by atoms with Crippen molar-refractivity contribution in [3.63, 3.8) is 0 Å². The molecule has 11 nitrogen and oxygen atoms in total. The second-order valence-electron chi connectivity index (χ2n) is 8.49. The van der Waals surface area contributed by atoms with Crippen LogP contribution < -0.4 is 20.4 Å². The van der Waals surface area contributed by atoms with E-state index in [1.807, 2.05) is 6.07 Å². The molecule has 1 amide bonds. The number of aromatic nitrogens is 2. The number of amides is 1. The number of hydrogen-bond donors (Lipinski definition) is 4. The van der Waals surface area contributed by atoms with Crippen molar-refractivity contribution < 1.29 is 27.0 Å². The average molecular weight is 531 g/mol. The molecule has 1 aliphatic rings. The van der Waals surface area contributed by atoms with Crippen LogP contribution in [0.1, 0.15) is 47.3 Å². The molecule has 0 radical (unpaired) electrons. The second kappa shape index (κ2) is 10.7. The fourth-order valence-electron chi connectivity index (χ4n) is 3.60. The van der Waals surface area contributed by atoms with Crippen LogP contribution in [-0.2, 0) is 15.1 Å². The molecule has 196 valence electrons. The molecule has 37 heavy (non-hydrogen) atoms. The van der Waals surface area contributed by atoms with Gasteiger partial charge in [0.2, 0.25) is 0 Å². The number of benzene rings is 1. The minimum atomic E-state index is -4.56. The van der Waals surface area contributed by atoms with Gasteiger partial charge < -0.3 is 10.6 Å². The van der Waals surface area contributed by atoms with Crippen LogP contribution in [0.2, 0.25) is 0 Å². The molecule has 1 aromatic carbocycles. The highest BCUT2D eigenvalue weighted by Crippen LogP contribution is 2.43. The van der Waals surface area contributed by atoms with E-state index in [1.165, 1.54) is 38.4 Å². The highest BCUT2D eigenvalue weighted by molar-refractivity contribution is 7.87. The predicted octanol–water partition coefficient (Wildman–Crippen LogP) is 4.21. The normalized spacial score (nSPS) is 13.2. The highest BCUT2D eigenvalue weighted by atomic mass is 32.2. The third kappa shape index (κ3) is 6.31. The number of nitrogens with zero attached hydrogens (tertiary/aromatic N) is 3. The zero-order chi connectivity index (χ0) is 26.7. The Hall–Kier alpha value is -3.81. The van der Waals surface area contributed by atoms with Crippen molar-refractivity contribution in [2.45, 2.75) is 32.6 Å². The molecule has 1 aliphatic carbocycles. The number of aryl methyl sites for hydroxylation is 1. The van der Waals surface area contributed by atoms with Crippen molar-refractivity contribution in [1.82, 2.24) is 15.4 Å². The Morgan fingerprint density at radius 3 is 2.57 bits per heavy atom. The van der Waals surface area contributed by atoms with Gasteiger partial charge in [-0.1, -0.05) is 6.07 Å². The Morgan fingerprint density at radius 2 is 1.92 bits per heavy atom. The molecule has 0 spiro atoms. The van der Waals surface area contributed by atoms with Gasteiger partial charge in [0.1, 0.15) is 17.5 Å². The number of pyridine rings is 2. The second-order valence-corrected chi connectivity index (χ2v) is 9.93. The van der Waals surface area contributed by atoms with Gasteiger partial charge in [-0.3, -0.25) is 14.2 Å². The maximum atomic E-state index is 13.6. The van der Waals surface area contributed by atoms with Crippen molar-refractivity contribution in [3.05, 3.63) is 65.2 Å². The maximum absolute atomic E-state index is 13.6. The van der Waals surface area contributed by atoms with Crippen LogP contribution in [-0.4, -0.2) is 42.5 Å². The van der Waals surface area contributed by atoms with Crippen molar-refractivity contribution in [3.8, 4) is 0 Å². The zero-order valence-corrected chi connectivity index (χ0v) is 21.3. The predicted molar refractivity (Wildman–Crippen MR) is 137 cm³/mol. The van der Waals surface area contributed by atoms with Crippen molar-refractivity contribution >= 4 is 44.9 Å². The molecule has 2 aromatic heterocycles. The van der Waals surface area contributed by atoms with Crippen LogP contribution in [0.4, 0.5) is 33.1 Å². The zero-order valence-electron chi connectivity index (χ0n) is 20.4. The summed E-state index contributed by atoms with van der Waals surface area (Å²) in [6.07, 6.45) is 3.31. The molecule has 0 bridgehead atoms. The highest BCUT2D eigenvalue weighted by Gasteiger charge is 2.27. The molecule has 4 N–H and O–H groups in total. The lowest BCUT2D eigenvalue weighted by atomic mass is 10.1. The first kappa shape index (κ1) is 26.3. The van der Waals surface area contributed by atoms with Crippen LogP contribution >= 0.6 is 0 Å². The smallest absolute Gasteiger partial charge is 0.353 e. The van der Waals surface area contributed by atoms with Gasteiger partial charge in [-0.25, -0.2) is 24.1 Å². The summed E-state index contributed by atoms with van der Waals surface area (Å²) in [4.78, 5) is 26.2. The van der Waals surface area contributed by atoms with E-state index in [0.717, 1.165) is 22.7 Å². The SMILES string of the molecule is CCONC(=O)c1cnc(Nc2ccc(F)c(C)n2)cc1Nc1ccc(C2CC2)cc1N(C)S(=O)(=O)O. The van der Waals surface area contributed by atoms with Crippen LogP contribution in [0.25, 0.3) is 0 Å². The van der Waals surface area contributed by atoms with E-state index in [2.05, 4.69) is 26.1 Å². The molecular formula is C24H27FN6O5S. The molecule has 0 unspecified atom stereocenters. The molecule has 1 fully saturated rings. The minimum absolute atomic E-state index is 0.106. The van der Waals surface area contributed by atoms with Gasteiger partial charge in [-0.2, -0.15) is 8.42 Å². The van der Waals surface area contributed by atoms with Crippen LogP contribution in [0.15, 0.2) is 42.6 Å². The molecule has 13 heteroatoms. The topological polar surface area (TPSA) is 146 Å². The lowest BCUT2D eigenvalue weighted by Gasteiger charge is -2.22. The van der Waals surface area contributed by atoms with Gasteiger partial charge in [-0.15, -0.1) is 0 Å². The number of rotatable bonds is 10. The fourth-order valence-corrected chi connectivity index (χ4v) is 4.00. The number of anilines is 5. The van der Waals surface area contributed by atoms with Crippen molar-refractivity contribution in [1.29, 1.82) is 0 Å². The number of hydroxylamine groups is 1. The summed E-state index contributed by atoms with van der Waals surface area (Å²) >= 11 is 0. The first-order valence-corrected chi connectivity index (χ1v) is 12.9. The minimum Gasteiger partial charge on any atom is -0.353 e. The van der Waals surface area contributed by atoms with Crippen LogP contribution in [0.3, 0.4) is 0 Å². The summed E-state index contributed by atoms with van der Waals surface area (Å²) in [5.74, 6) is -0.0800. The van der Waals surface area contributed by atoms with E-state index in [1.54, 1.807) is 19.1 Å². The quantitative estimate of drug-likeness (QED) is 0.224. The third-order valence-corrected chi connectivity index (χ3v) is 6.65. The number of carbonyl (C=O) groups is 1. The fraction of sp³-hybridized carbons (Fsp3) is 0.292. The summed E-state index contributed by atoms with van der Waals surface area (Å²) in [7, 11) is -3.32. The molecule has 3 aromatic rings. The number of halogens is 1. The molecule has 0 saturated heterocycles. The van der Waals surface area contributed by atoms with E-state index in [4.69, 9.17) is 4.84 Å². The monoisotopic (exact) mass is 530 g/mol. The Bertz CT molecular complexity index is 1430. The van der Waals surface area contributed by atoms with E-state index < -0.39 is 22.0 Å². The van der Waals surface area contributed by atoms with Gasteiger partial charge in [0.15, 0.2) is 0 Å². The van der Waals surface area contributed by atoms with Gasteiger partial charge in [0, 0.05) is 19.3 Å². The molecule has 0 atom stereocenters. The van der Waals surface area contributed by atoms with E-state index >= 15 is 0 Å². The van der Waals surface area contributed by atoms with E-state index in [0.29, 0.717) is 17.4 Å². The van der Waals surface area contributed by atoms with Gasteiger partial charge in [0.05, 0.1) is 34.9 Å². The van der Waals surface area contributed by atoms with Gasteiger partial charge in [0.25, 0.3) is 5.91 Å².